The molecule has 0 aromatic rings. The van der Waals surface area contributed by atoms with Crippen molar-refractivity contribution in [3.63, 3.8) is 0 Å². The van der Waals surface area contributed by atoms with E-state index in [1.165, 1.54) is 0 Å². The SMILES string of the molecule is CC1(CCO)OCC2(CO1)OCCCO2. The number of hydrogen-bond donors (Lipinski definition) is 1. The van der Waals surface area contributed by atoms with Crippen LogP contribution >= 0.6 is 0 Å². The van der Waals surface area contributed by atoms with E-state index in [0.29, 0.717) is 32.8 Å². The molecule has 0 amide bonds. The Balaban J connectivity index is 1.90. The summed E-state index contributed by atoms with van der Waals surface area (Å²) in [6.45, 7) is 3.96. The highest BCUT2D eigenvalue weighted by Gasteiger charge is 2.44. The molecular weight excluding hydrogens is 200 g/mol. The zero-order valence-corrected chi connectivity index (χ0v) is 9.03. The van der Waals surface area contributed by atoms with Crippen LogP contribution in [0.4, 0.5) is 0 Å². The van der Waals surface area contributed by atoms with Crippen molar-refractivity contribution in [2.75, 3.05) is 33.0 Å². The van der Waals surface area contributed by atoms with Gasteiger partial charge in [0.1, 0.15) is 13.2 Å². The second-order valence-electron chi connectivity index (χ2n) is 4.15. The van der Waals surface area contributed by atoms with Crippen LogP contribution in [0.5, 0.6) is 0 Å². The minimum Gasteiger partial charge on any atom is -0.396 e. The number of rotatable bonds is 2. The van der Waals surface area contributed by atoms with E-state index in [4.69, 9.17) is 24.1 Å². The monoisotopic (exact) mass is 218 g/mol. The van der Waals surface area contributed by atoms with Crippen LogP contribution in [-0.2, 0) is 18.9 Å². The van der Waals surface area contributed by atoms with Crippen LogP contribution in [0, 0.1) is 0 Å². The normalized spacial score (nSPS) is 29.2. The van der Waals surface area contributed by atoms with Crippen LogP contribution < -0.4 is 0 Å². The summed E-state index contributed by atoms with van der Waals surface area (Å²) in [5, 5.41) is 8.86. The quantitative estimate of drug-likeness (QED) is 0.720. The van der Waals surface area contributed by atoms with Gasteiger partial charge in [-0.05, 0) is 13.3 Å². The van der Waals surface area contributed by atoms with Crippen molar-refractivity contribution in [3.8, 4) is 0 Å². The predicted octanol–water partition coefficient (Wildman–Crippen LogP) is 0.265. The number of aliphatic hydroxyl groups is 1. The highest BCUT2D eigenvalue weighted by molar-refractivity contribution is 4.80. The molecule has 0 aliphatic carbocycles. The Hall–Kier alpha value is -0.200. The van der Waals surface area contributed by atoms with Gasteiger partial charge in [-0.1, -0.05) is 0 Å². The fourth-order valence-corrected chi connectivity index (χ4v) is 1.74. The van der Waals surface area contributed by atoms with Gasteiger partial charge in [0, 0.05) is 13.0 Å². The van der Waals surface area contributed by atoms with Crippen molar-refractivity contribution in [2.45, 2.75) is 31.3 Å². The lowest BCUT2D eigenvalue weighted by molar-refractivity contribution is -0.394. The van der Waals surface area contributed by atoms with Crippen LogP contribution in [0.25, 0.3) is 0 Å². The topological polar surface area (TPSA) is 57.2 Å². The number of hydrogen-bond acceptors (Lipinski definition) is 5. The van der Waals surface area contributed by atoms with E-state index in [9.17, 15) is 0 Å². The molecule has 2 rings (SSSR count). The molecule has 5 nitrogen and oxygen atoms in total. The Labute approximate surface area is 89.3 Å². The van der Waals surface area contributed by atoms with Crippen molar-refractivity contribution < 1.29 is 24.1 Å². The first-order chi connectivity index (χ1) is 7.18. The first kappa shape index (κ1) is 11.3. The van der Waals surface area contributed by atoms with Gasteiger partial charge in [0.05, 0.1) is 13.2 Å². The van der Waals surface area contributed by atoms with Crippen LogP contribution in [0.3, 0.4) is 0 Å². The zero-order valence-electron chi connectivity index (χ0n) is 9.03. The van der Waals surface area contributed by atoms with Crippen LogP contribution in [-0.4, -0.2) is 49.7 Å². The summed E-state index contributed by atoms with van der Waals surface area (Å²) in [5.41, 5.74) is 0. The smallest absolute Gasteiger partial charge is 0.216 e. The molecule has 0 unspecified atom stereocenters. The third-order valence-electron chi connectivity index (χ3n) is 2.78. The van der Waals surface area contributed by atoms with Gasteiger partial charge in [-0.15, -0.1) is 0 Å². The van der Waals surface area contributed by atoms with Gasteiger partial charge >= 0.3 is 0 Å². The number of ether oxygens (including phenoxy) is 4. The van der Waals surface area contributed by atoms with Gasteiger partial charge in [-0.3, -0.25) is 0 Å². The Morgan fingerprint density at radius 3 is 2.20 bits per heavy atom. The lowest BCUT2D eigenvalue weighted by Crippen LogP contribution is -2.57. The van der Waals surface area contributed by atoms with Crippen molar-refractivity contribution in [1.82, 2.24) is 0 Å². The molecule has 0 aromatic carbocycles. The van der Waals surface area contributed by atoms with E-state index in [1.807, 2.05) is 6.92 Å². The fraction of sp³-hybridized carbons (Fsp3) is 1.00. The largest absolute Gasteiger partial charge is 0.396 e. The molecule has 0 saturated carbocycles. The fourth-order valence-electron chi connectivity index (χ4n) is 1.74. The van der Waals surface area contributed by atoms with Crippen LogP contribution in [0.1, 0.15) is 19.8 Å². The van der Waals surface area contributed by atoms with Gasteiger partial charge in [-0.25, -0.2) is 0 Å². The molecule has 15 heavy (non-hydrogen) atoms. The third-order valence-corrected chi connectivity index (χ3v) is 2.78. The van der Waals surface area contributed by atoms with Gasteiger partial charge in [0.2, 0.25) is 5.79 Å². The van der Waals surface area contributed by atoms with Gasteiger partial charge < -0.3 is 24.1 Å². The van der Waals surface area contributed by atoms with Crippen LogP contribution in [0.15, 0.2) is 0 Å². The molecule has 2 aliphatic rings. The molecule has 5 heteroatoms. The van der Waals surface area contributed by atoms with E-state index < -0.39 is 11.6 Å². The minimum atomic E-state index is -0.715. The summed E-state index contributed by atoms with van der Waals surface area (Å²) >= 11 is 0. The molecule has 0 aromatic heterocycles. The maximum Gasteiger partial charge on any atom is 0.216 e. The maximum absolute atomic E-state index is 8.86. The summed E-state index contributed by atoms with van der Waals surface area (Å²) in [5.74, 6) is -1.42. The molecule has 2 fully saturated rings. The zero-order chi connectivity index (χ0) is 10.8. The third kappa shape index (κ3) is 2.49. The van der Waals surface area contributed by atoms with Crippen molar-refractivity contribution >= 4 is 0 Å². The summed E-state index contributed by atoms with van der Waals surface area (Å²) in [6, 6.07) is 0. The molecule has 2 aliphatic heterocycles. The highest BCUT2D eigenvalue weighted by atomic mass is 16.8. The molecule has 2 saturated heterocycles. The van der Waals surface area contributed by atoms with Gasteiger partial charge in [-0.2, -0.15) is 0 Å². The molecule has 0 bridgehead atoms. The first-order valence-corrected chi connectivity index (χ1v) is 5.35. The Morgan fingerprint density at radius 2 is 1.67 bits per heavy atom. The van der Waals surface area contributed by atoms with E-state index in [0.717, 1.165) is 6.42 Å². The van der Waals surface area contributed by atoms with Crippen LogP contribution in [0.2, 0.25) is 0 Å². The molecule has 1 spiro atoms. The average molecular weight is 218 g/mol. The van der Waals surface area contributed by atoms with Crippen molar-refractivity contribution in [1.29, 1.82) is 0 Å². The first-order valence-electron chi connectivity index (χ1n) is 5.35. The minimum absolute atomic E-state index is 0.0468. The van der Waals surface area contributed by atoms with Gasteiger partial charge in [0.25, 0.3) is 0 Å². The van der Waals surface area contributed by atoms with E-state index in [2.05, 4.69) is 0 Å². The lowest BCUT2D eigenvalue weighted by Gasteiger charge is -2.45. The van der Waals surface area contributed by atoms with Crippen molar-refractivity contribution in [2.24, 2.45) is 0 Å². The van der Waals surface area contributed by atoms with E-state index in [-0.39, 0.29) is 6.61 Å². The lowest BCUT2D eigenvalue weighted by atomic mass is 10.1. The van der Waals surface area contributed by atoms with E-state index in [1.54, 1.807) is 0 Å². The summed E-state index contributed by atoms with van der Waals surface area (Å²) in [4.78, 5) is 0. The van der Waals surface area contributed by atoms with Crippen molar-refractivity contribution in [3.05, 3.63) is 0 Å². The Kier molecular flexibility index (Phi) is 3.27. The standard InChI is InChI=1S/C10H18O5/c1-9(3-4-11)14-7-10(8-15-9)12-5-2-6-13-10/h11H,2-8H2,1H3. The average Bonchev–Trinajstić information content (AvgIpc) is 2.25. The molecule has 1 N–H and O–H groups in total. The summed E-state index contributed by atoms with van der Waals surface area (Å²) in [7, 11) is 0. The Morgan fingerprint density at radius 1 is 1.07 bits per heavy atom. The Bertz CT molecular complexity index is 202. The van der Waals surface area contributed by atoms with Gasteiger partial charge in [0.15, 0.2) is 5.79 Å². The summed E-state index contributed by atoms with van der Waals surface area (Å²) < 4.78 is 22.2. The molecule has 88 valence electrons. The molecule has 0 atom stereocenters. The highest BCUT2D eigenvalue weighted by Crippen LogP contribution is 2.31. The molecule has 0 radical (unpaired) electrons. The molecular formula is C10H18O5. The second kappa shape index (κ2) is 4.35. The maximum atomic E-state index is 8.86. The predicted molar refractivity (Wildman–Crippen MR) is 51.3 cm³/mol. The molecule has 2 heterocycles. The van der Waals surface area contributed by atoms with E-state index >= 15 is 0 Å². The second-order valence-corrected chi connectivity index (χ2v) is 4.15. The number of aliphatic hydroxyl groups excluding tert-OH is 1. The summed E-state index contributed by atoms with van der Waals surface area (Å²) in [6.07, 6.45) is 1.37.